The summed E-state index contributed by atoms with van der Waals surface area (Å²) < 4.78 is 17.0. The zero-order valence-corrected chi connectivity index (χ0v) is 19.9. The van der Waals surface area contributed by atoms with Crippen LogP contribution in [-0.4, -0.2) is 42.8 Å². The molecule has 0 radical (unpaired) electrons. The Morgan fingerprint density at radius 3 is 2.29 bits per heavy atom. The summed E-state index contributed by atoms with van der Waals surface area (Å²) in [6.45, 7) is 3.80. The number of aromatic hydroxyl groups is 1. The third-order valence-corrected chi connectivity index (χ3v) is 6.31. The quantitative estimate of drug-likeness (QED) is 0.366. The number of aliphatic hydroxyl groups excluding tert-OH is 1. The summed E-state index contributed by atoms with van der Waals surface area (Å²) in [5.74, 6) is 2.95. The van der Waals surface area contributed by atoms with Crippen LogP contribution in [0.15, 0.2) is 66.7 Å². The second-order valence-corrected chi connectivity index (χ2v) is 8.97. The van der Waals surface area contributed by atoms with Gasteiger partial charge < -0.3 is 29.7 Å². The van der Waals surface area contributed by atoms with E-state index in [2.05, 4.69) is 29.6 Å². The van der Waals surface area contributed by atoms with E-state index >= 15 is 0 Å². The van der Waals surface area contributed by atoms with Gasteiger partial charge in [-0.3, -0.25) is 0 Å². The molecule has 5 rings (SSSR count). The third kappa shape index (κ3) is 5.45. The topological polar surface area (TPSA) is 80.2 Å². The summed E-state index contributed by atoms with van der Waals surface area (Å²) in [6.07, 6.45) is 1.71. The van der Waals surface area contributed by atoms with Crippen molar-refractivity contribution in [3.63, 3.8) is 0 Å². The van der Waals surface area contributed by atoms with Gasteiger partial charge in [-0.25, -0.2) is 0 Å². The average Bonchev–Trinajstić information content (AvgIpc) is 3.61. The number of hydrogen-bond donors (Lipinski definition) is 3. The molecule has 0 amide bonds. The van der Waals surface area contributed by atoms with E-state index in [0.717, 1.165) is 53.1 Å². The molecule has 6 nitrogen and oxygen atoms in total. The van der Waals surface area contributed by atoms with E-state index in [0.29, 0.717) is 18.2 Å². The number of benzene rings is 3. The largest absolute Gasteiger partial charge is 0.508 e. The Balaban J connectivity index is 1.51. The Bertz CT molecular complexity index is 1180. The molecule has 1 fully saturated rings. The predicted molar refractivity (Wildman–Crippen MR) is 136 cm³/mol. The van der Waals surface area contributed by atoms with Gasteiger partial charge in [0.2, 0.25) is 6.79 Å². The van der Waals surface area contributed by atoms with Gasteiger partial charge in [0.1, 0.15) is 24.2 Å². The first kappa shape index (κ1) is 23.3. The van der Waals surface area contributed by atoms with Gasteiger partial charge in [0.05, 0.1) is 0 Å². The highest BCUT2D eigenvalue weighted by atomic mass is 16.7. The van der Waals surface area contributed by atoms with E-state index in [1.165, 1.54) is 5.57 Å². The number of fused-ring (bicyclic) bond motifs is 1. The van der Waals surface area contributed by atoms with Gasteiger partial charge in [-0.15, -0.1) is 0 Å². The Labute approximate surface area is 205 Å². The van der Waals surface area contributed by atoms with Crippen molar-refractivity contribution >= 4 is 11.1 Å². The van der Waals surface area contributed by atoms with E-state index in [4.69, 9.17) is 14.2 Å². The SMILES string of the molecule is CCNCC(O)COc1ccc(C(=C(c2ccc3c(c2)OCO3)C2CC2)c2ccc(O)cc2)cc1. The molecule has 3 N–H and O–H groups in total. The zero-order chi connectivity index (χ0) is 24.2. The Morgan fingerprint density at radius 2 is 1.60 bits per heavy atom. The van der Waals surface area contributed by atoms with Crippen molar-refractivity contribution in [1.82, 2.24) is 5.32 Å². The molecule has 6 heteroatoms. The van der Waals surface area contributed by atoms with Gasteiger partial charge in [-0.1, -0.05) is 37.3 Å². The van der Waals surface area contributed by atoms with Gasteiger partial charge in [-0.2, -0.15) is 0 Å². The molecule has 1 atom stereocenters. The molecule has 2 aliphatic rings. The summed E-state index contributed by atoms with van der Waals surface area (Å²) in [6, 6.07) is 21.5. The van der Waals surface area contributed by atoms with E-state index in [1.807, 2.05) is 37.3 Å². The van der Waals surface area contributed by atoms with Crippen molar-refractivity contribution < 1.29 is 24.4 Å². The lowest BCUT2D eigenvalue weighted by Gasteiger charge is -2.18. The van der Waals surface area contributed by atoms with Gasteiger partial charge in [0.15, 0.2) is 11.5 Å². The van der Waals surface area contributed by atoms with Crippen molar-refractivity contribution in [1.29, 1.82) is 0 Å². The van der Waals surface area contributed by atoms with Crippen LogP contribution < -0.4 is 19.5 Å². The molecule has 1 unspecified atom stereocenters. The fraction of sp³-hybridized carbons (Fsp3) is 0.310. The number of nitrogens with one attached hydrogen (secondary N) is 1. The number of hydrogen-bond acceptors (Lipinski definition) is 6. The molecule has 1 heterocycles. The lowest BCUT2D eigenvalue weighted by molar-refractivity contribution is 0.107. The van der Waals surface area contributed by atoms with Crippen molar-refractivity contribution in [2.75, 3.05) is 26.5 Å². The fourth-order valence-electron chi connectivity index (χ4n) is 4.41. The van der Waals surface area contributed by atoms with Crippen LogP contribution >= 0.6 is 0 Å². The van der Waals surface area contributed by atoms with E-state index < -0.39 is 6.10 Å². The van der Waals surface area contributed by atoms with Crippen molar-refractivity contribution in [2.24, 2.45) is 5.92 Å². The summed E-state index contributed by atoms with van der Waals surface area (Å²) in [5.41, 5.74) is 5.62. The fourth-order valence-corrected chi connectivity index (χ4v) is 4.41. The minimum absolute atomic E-state index is 0.234. The molecule has 0 aromatic heterocycles. The van der Waals surface area contributed by atoms with Gasteiger partial charge >= 0.3 is 0 Å². The van der Waals surface area contributed by atoms with Crippen LogP contribution in [0.4, 0.5) is 0 Å². The van der Waals surface area contributed by atoms with Crippen molar-refractivity contribution in [2.45, 2.75) is 25.9 Å². The number of likely N-dealkylation sites (N-methyl/N-ethyl adjacent to an activating group) is 1. The lowest BCUT2D eigenvalue weighted by atomic mass is 9.87. The monoisotopic (exact) mass is 473 g/mol. The van der Waals surface area contributed by atoms with Gasteiger partial charge in [0, 0.05) is 6.54 Å². The number of phenols is 1. The Kier molecular flexibility index (Phi) is 6.93. The minimum atomic E-state index is -0.561. The van der Waals surface area contributed by atoms with Crippen LogP contribution in [0.1, 0.15) is 36.5 Å². The van der Waals surface area contributed by atoms with E-state index in [-0.39, 0.29) is 19.1 Å². The van der Waals surface area contributed by atoms with Gasteiger partial charge in [-0.05, 0) is 89.5 Å². The molecular formula is C29H31NO5. The van der Waals surface area contributed by atoms with Crippen LogP contribution in [0.25, 0.3) is 11.1 Å². The first-order valence-corrected chi connectivity index (χ1v) is 12.2. The molecule has 182 valence electrons. The van der Waals surface area contributed by atoms with Crippen LogP contribution in [0.5, 0.6) is 23.0 Å². The number of rotatable bonds is 10. The second kappa shape index (κ2) is 10.4. The molecule has 1 aliphatic heterocycles. The maximum Gasteiger partial charge on any atom is 0.231 e. The predicted octanol–water partition coefficient (Wildman–Crippen LogP) is 4.84. The highest BCUT2D eigenvalue weighted by molar-refractivity contribution is 6.00. The third-order valence-electron chi connectivity index (χ3n) is 6.31. The first-order chi connectivity index (χ1) is 17.1. The number of ether oxygens (including phenoxy) is 3. The number of allylic oxidation sites excluding steroid dienone is 1. The molecule has 1 aliphatic carbocycles. The Hall–Kier alpha value is -3.48. The maximum atomic E-state index is 10.1. The standard InChI is InChI=1S/C29H31NO5/c1-2-30-16-24(32)17-33-25-12-7-21(8-13-25)28(20-5-10-23(31)11-6-20)29(19-3-4-19)22-9-14-26-27(15-22)35-18-34-26/h5-15,19,24,30-32H,2-4,16-18H2,1H3. The smallest absolute Gasteiger partial charge is 0.231 e. The molecule has 0 spiro atoms. The molecule has 35 heavy (non-hydrogen) atoms. The summed E-state index contributed by atoms with van der Waals surface area (Å²) in [5, 5.41) is 23.1. The lowest BCUT2D eigenvalue weighted by Crippen LogP contribution is -2.31. The normalized spacial score (nSPS) is 16.1. The Morgan fingerprint density at radius 1 is 0.943 bits per heavy atom. The molecule has 0 bridgehead atoms. The van der Waals surface area contributed by atoms with Crippen molar-refractivity contribution in [3.8, 4) is 23.0 Å². The van der Waals surface area contributed by atoms with Crippen LogP contribution in [0.3, 0.4) is 0 Å². The second-order valence-electron chi connectivity index (χ2n) is 8.97. The molecule has 0 saturated heterocycles. The molecule has 1 saturated carbocycles. The maximum absolute atomic E-state index is 10.1. The number of phenolic OH excluding ortho intramolecular Hbond substituents is 1. The van der Waals surface area contributed by atoms with E-state index in [9.17, 15) is 10.2 Å². The zero-order valence-electron chi connectivity index (χ0n) is 19.9. The first-order valence-electron chi connectivity index (χ1n) is 12.2. The molecular weight excluding hydrogens is 442 g/mol. The van der Waals surface area contributed by atoms with Crippen LogP contribution in [0.2, 0.25) is 0 Å². The highest BCUT2D eigenvalue weighted by Gasteiger charge is 2.31. The van der Waals surface area contributed by atoms with Gasteiger partial charge in [0.25, 0.3) is 0 Å². The summed E-state index contributed by atoms with van der Waals surface area (Å²) in [7, 11) is 0. The van der Waals surface area contributed by atoms with Crippen molar-refractivity contribution in [3.05, 3.63) is 83.4 Å². The number of aliphatic hydroxyl groups is 1. The van der Waals surface area contributed by atoms with E-state index in [1.54, 1.807) is 12.1 Å². The summed E-state index contributed by atoms with van der Waals surface area (Å²) in [4.78, 5) is 0. The summed E-state index contributed by atoms with van der Waals surface area (Å²) >= 11 is 0. The van der Waals surface area contributed by atoms with Crippen LogP contribution in [0, 0.1) is 5.92 Å². The van der Waals surface area contributed by atoms with Crippen LogP contribution in [-0.2, 0) is 0 Å². The highest BCUT2D eigenvalue weighted by Crippen LogP contribution is 2.49. The average molecular weight is 474 g/mol. The minimum Gasteiger partial charge on any atom is -0.508 e. The molecule has 3 aromatic rings. The molecule has 3 aromatic carbocycles.